The van der Waals surface area contributed by atoms with Crippen molar-refractivity contribution < 1.29 is 9.59 Å². The van der Waals surface area contributed by atoms with E-state index >= 15 is 0 Å². The molecule has 1 aliphatic carbocycles. The molecule has 1 heterocycles. The Hall–Kier alpha value is -3.14. The van der Waals surface area contributed by atoms with E-state index in [-0.39, 0.29) is 17.7 Å². The Morgan fingerprint density at radius 1 is 1.13 bits per heavy atom. The molecule has 5 nitrogen and oxygen atoms in total. The number of anilines is 2. The van der Waals surface area contributed by atoms with Gasteiger partial charge in [0.2, 0.25) is 5.91 Å². The molecule has 1 fully saturated rings. The van der Waals surface area contributed by atoms with Gasteiger partial charge >= 0.3 is 0 Å². The number of benzene rings is 2. The molecule has 0 spiro atoms. The second-order valence-corrected chi connectivity index (χ2v) is 8.81. The summed E-state index contributed by atoms with van der Waals surface area (Å²) in [6.07, 6.45) is 0.899. The Kier molecular flexibility index (Phi) is 5.58. The number of nitrogens with zero attached hydrogens (tertiary/aromatic N) is 1. The number of hydrogen-bond acceptors (Lipinski definition) is 4. The average Bonchev–Trinajstić information content (AvgIpc) is 3.33. The molecule has 0 aliphatic heterocycles. The summed E-state index contributed by atoms with van der Waals surface area (Å²) in [5.41, 5.74) is 2.31. The van der Waals surface area contributed by atoms with Crippen LogP contribution in [0.2, 0.25) is 5.02 Å². The molecule has 2 aromatic carbocycles. The van der Waals surface area contributed by atoms with Gasteiger partial charge in [0.05, 0.1) is 5.69 Å². The number of nitrogens with one attached hydrogen (secondary N) is 2. The summed E-state index contributed by atoms with van der Waals surface area (Å²) < 4.78 is 0. The van der Waals surface area contributed by atoms with Crippen molar-refractivity contribution in [2.24, 2.45) is 11.8 Å². The number of carbonyl (C=O) groups excluding carboxylic acids is 2. The number of halogens is 1. The third kappa shape index (κ3) is 4.38. The highest BCUT2D eigenvalue weighted by atomic mass is 35.5. The van der Waals surface area contributed by atoms with Crippen LogP contribution >= 0.6 is 22.9 Å². The summed E-state index contributed by atoms with van der Waals surface area (Å²) in [5, 5.41) is 15.7. The van der Waals surface area contributed by atoms with E-state index in [1.165, 1.54) is 11.3 Å². The van der Waals surface area contributed by atoms with Gasteiger partial charge in [0, 0.05) is 27.1 Å². The number of amides is 2. The second kappa shape index (κ2) is 8.31. The normalized spacial score (nSPS) is 17.1. The minimum atomic E-state index is -0.349. The van der Waals surface area contributed by atoms with Crippen LogP contribution in [-0.2, 0) is 4.79 Å². The second-order valence-electron chi connectivity index (χ2n) is 7.32. The zero-order valence-corrected chi connectivity index (χ0v) is 17.7. The predicted octanol–water partition coefficient (Wildman–Crippen LogP) is 5.79. The van der Waals surface area contributed by atoms with E-state index in [0.717, 1.165) is 16.9 Å². The van der Waals surface area contributed by atoms with E-state index in [4.69, 9.17) is 11.6 Å². The smallest absolute Gasteiger partial charge is 0.255 e. The molecule has 2 amide bonds. The maximum Gasteiger partial charge on any atom is 0.255 e. The molecule has 0 unspecified atom stereocenters. The van der Waals surface area contributed by atoms with Crippen molar-refractivity contribution in [2.75, 3.05) is 10.6 Å². The minimum absolute atomic E-state index is 0.0178. The molecular formula is C23H18ClN3O2S. The highest BCUT2D eigenvalue weighted by Crippen LogP contribution is 2.38. The van der Waals surface area contributed by atoms with Gasteiger partial charge in [0.25, 0.3) is 5.91 Å². The molecule has 0 bridgehead atoms. The first kappa shape index (κ1) is 20.1. The first-order chi connectivity index (χ1) is 14.4. The van der Waals surface area contributed by atoms with Gasteiger partial charge in [-0.15, -0.1) is 11.3 Å². The van der Waals surface area contributed by atoms with Crippen molar-refractivity contribution in [1.29, 1.82) is 5.26 Å². The van der Waals surface area contributed by atoms with Crippen LogP contribution in [0.4, 0.5) is 11.4 Å². The largest absolute Gasteiger partial charge is 0.326 e. The van der Waals surface area contributed by atoms with E-state index in [9.17, 15) is 14.9 Å². The average molecular weight is 436 g/mol. The molecule has 30 heavy (non-hydrogen) atoms. The Morgan fingerprint density at radius 2 is 1.90 bits per heavy atom. The van der Waals surface area contributed by atoms with Gasteiger partial charge in [0.1, 0.15) is 10.9 Å². The Labute approximate surface area is 183 Å². The van der Waals surface area contributed by atoms with Gasteiger partial charge in [0.15, 0.2) is 0 Å². The summed E-state index contributed by atoms with van der Waals surface area (Å²) in [7, 11) is 0. The summed E-state index contributed by atoms with van der Waals surface area (Å²) >= 11 is 7.35. The number of thiophene rings is 1. The van der Waals surface area contributed by atoms with Crippen LogP contribution in [0.5, 0.6) is 0 Å². The monoisotopic (exact) mass is 435 g/mol. The van der Waals surface area contributed by atoms with Gasteiger partial charge in [-0.1, -0.05) is 36.7 Å². The van der Waals surface area contributed by atoms with Gasteiger partial charge in [-0.05, 0) is 54.3 Å². The first-order valence-electron chi connectivity index (χ1n) is 9.47. The number of hydrogen-bond donors (Lipinski definition) is 2. The lowest BCUT2D eigenvalue weighted by molar-refractivity contribution is -0.117. The van der Waals surface area contributed by atoms with Gasteiger partial charge in [-0.2, -0.15) is 5.26 Å². The Bertz CT molecular complexity index is 1180. The Morgan fingerprint density at radius 3 is 2.60 bits per heavy atom. The molecule has 150 valence electrons. The molecular weight excluding hydrogens is 418 g/mol. The molecule has 0 saturated heterocycles. The zero-order chi connectivity index (χ0) is 21.3. The van der Waals surface area contributed by atoms with Crippen molar-refractivity contribution in [2.45, 2.75) is 13.3 Å². The molecule has 1 saturated carbocycles. The molecule has 1 aliphatic rings. The molecule has 2 N–H and O–H groups in total. The van der Waals surface area contributed by atoms with E-state index in [1.807, 2.05) is 25.1 Å². The summed E-state index contributed by atoms with van der Waals surface area (Å²) in [6.45, 7) is 2.04. The highest BCUT2D eigenvalue weighted by molar-refractivity contribution is 7.16. The minimum Gasteiger partial charge on any atom is -0.326 e. The topological polar surface area (TPSA) is 82.0 Å². The van der Waals surface area contributed by atoms with E-state index in [0.29, 0.717) is 32.8 Å². The van der Waals surface area contributed by atoms with Crippen LogP contribution in [0, 0.1) is 23.2 Å². The van der Waals surface area contributed by atoms with Crippen LogP contribution in [0.15, 0.2) is 54.6 Å². The van der Waals surface area contributed by atoms with Crippen molar-refractivity contribution in [1.82, 2.24) is 0 Å². The van der Waals surface area contributed by atoms with E-state index in [2.05, 4.69) is 16.7 Å². The quantitative estimate of drug-likeness (QED) is 0.532. The third-order valence-electron chi connectivity index (χ3n) is 5.03. The van der Waals surface area contributed by atoms with Crippen LogP contribution < -0.4 is 10.6 Å². The van der Waals surface area contributed by atoms with E-state index < -0.39 is 0 Å². The third-order valence-corrected chi connectivity index (χ3v) is 6.35. The lowest BCUT2D eigenvalue weighted by Gasteiger charge is -2.08. The summed E-state index contributed by atoms with van der Waals surface area (Å²) in [5.74, 6) is 0.0956. The van der Waals surface area contributed by atoms with Crippen molar-refractivity contribution in [3.05, 3.63) is 70.1 Å². The lowest BCUT2D eigenvalue weighted by atomic mass is 10.1. The van der Waals surface area contributed by atoms with Crippen LogP contribution in [0.25, 0.3) is 10.4 Å². The van der Waals surface area contributed by atoms with Crippen molar-refractivity contribution in [3.8, 4) is 16.5 Å². The van der Waals surface area contributed by atoms with Gasteiger partial charge in [-0.3, -0.25) is 9.59 Å². The molecule has 7 heteroatoms. The Balaban J connectivity index is 1.52. The van der Waals surface area contributed by atoms with Crippen LogP contribution in [0.3, 0.4) is 0 Å². The molecule has 3 aromatic rings. The SMILES string of the molecule is C[C@@H]1C[C@@H]1C(=O)Nc1cccc(C(=O)Nc2cc(-c3cccc(Cl)c3)sc2C#N)c1. The predicted molar refractivity (Wildman–Crippen MR) is 120 cm³/mol. The summed E-state index contributed by atoms with van der Waals surface area (Å²) in [6, 6.07) is 18.0. The highest BCUT2D eigenvalue weighted by Gasteiger charge is 2.39. The van der Waals surface area contributed by atoms with Crippen LogP contribution in [0.1, 0.15) is 28.6 Å². The molecule has 2 atom stereocenters. The van der Waals surface area contributed by atoms with Crippen LogP contribution in [-0.4, -0.2) is 11.8 Å². The zero-order valence-electron chi connectivity index (χ0n) is 16.1. The molecule has 4 rings (SSSR count). The van der Waals surface area contributed by atoms with Crippen molar-refractivity contribution >= 4 is 46.1 Å². The number of rotatable bonds is 5. The maximum absolute atomic E-state index is 12.8. The fourth-order valence-corrected chi connectivity index (χ4v) is 4.30. The number of carbonyl (C=O) groups is 2. The van der Waals surface area contributed by atoms with Gasteiger partial charge < -0.3 is 10.6 Å². The maximum atomic E-state index is 12.8. The standard InChI is InChI=1S/C23H18ClN3O2S/c1-13-8-18(13)23(29)26-17-7-3-5-15(10-17)22(28)27-19-11-20(30-21(19)12-25)14-4-2-6-16(24)9-14/h2-7,9-11,13,18H,8H2,1H3,(H,26,29)(H,27,28)/t13-,18+/m1/s1. The first-order valence-corrected chi connectivity index (χ1v) is 10.7. The van der Waals surface area contributed by atoms with Gasteiger partial charge in [-0.25, -0.2) is 0 Å². The lowest BCUT2D eigenvalue weighted by Crippen LogP contribution is -2.16. The fraction of sp³-hybridized carbons (Fsp3) is 0.174. The molecule has 1 aromatic heterocycles. The number of nitriles is 1. The summed E-state index contributed by atoms with van der Waals surface area (Å²) in [4.78, 5) is 26.2. The van der Waals surface area contributed by atoms with Crippen molar-refractivity contribution in [3.63, 3.8) is 0 Å². The molecule has 0 radical (unpaired) electrons. The van der Waals surface area contributed by atoms with E-state index in [1.54, 1.807) is 36.4 Å². The fourth-order valence-electron chi connectivity index (χ4n) is 3.21.